The highest BCUT2D eigenvalue weighted by molar-refractivity contribution is 9.10. The molecule has 1 amide bonds. The number of amides is 1. The predicted molar refractivity (Wildman–Crippen MR) is 96.4 cm³/mol. The van der Waals surface area contributed by atoms with Crippen LogP contribution in [0.15, 0.2) is 41.3 Å². The molecule has 2 aliphatic rings. The lowest BCUT2D eigenvalue weighted by molar-refractivity contribution is 0.0821. The molecule has 1 aliphatic carbocycles. The van der Waals surface area contributed by atoms with E-state index in [2.05, 4.69) is 42.6 Å². The Hall–Kier alpha value is -1.99. The maximum absolute atomic E-state index is 11.9. The highest BCUT2D eigenvalue weighted by Crippen LogP contribution is 2.57. The van der Waals surface area contributed by atoms with E-state index in [0.717, 1.165) is 37.9 Å². The number of fused-ring (bicyclic) bond motifs is 1. The number of rotatable bonds is 2. The number of carboxylic acid groups (broad SMARTS) is 1. The third-order valence-electron chi connectivity index (χ3n) is 5.61. The lowest BCUT2D eigenvalue weighted by atomic mass is 9.63. The summed E-state index contributed by atoms with van der Waals surface area (Å²) in [5.41, 5.74) is 1.71. The van der Waals surface area contributed by atoms with Crippen molar-refractivity contribution in [1.29, 1.82) is 0 Å². The molecule has 3 N–H and O–H groups in total. The van der Waals surface area contributed by atoms with Gasteiger partial charge >= 0.3 is 6.09 Å². The summed E-state index contributed by atoms with van der Waals surface area (Å²) in [6.45, 7) is 1.72. The fourth-order valence-corrected chi connectivity index (χ4v) is 4.82. The van der Waals surface area contributed by atoms with Crippen LogP contribution in [0.25, 0.3) is 0 Å². The van der Waals surface area contributed by atoms with Crippen molar-refractivity contribution in [3.05, 3.63) is 58.1 Å². The highest BCUT2D eigenvalue weighted by atomic mass is 79.9. The van der Waals surface area contributed by atoms with Crippen LogP contribution in [0.3, 0.4) is 0 Å². The molecule has 25 heavy (non-hydrogen) atoms. The number of hydrogen-bond acceptors (Lipinski definition) is 4. The van der Waals surface area contributed by atoms with Gasteiger partial charge in [0, 0.05) is 5.41 Å². The minimum Gasteiger partial charge on any atom is -0.465 e. The molecule has 0 unspecified atom stereocenters. The summed E-state index contributed by atoms with van der Waals surface area (Å²) in [4.78, 5) is 20.8. The summed E-state index contributed by atoms with van der Waals surface area (Å²) in [5.74, 6) is 0. The van der Waals surface area contributed by atoms with E-state index in [-0.39, 0.29) is 5.41 Å². The molecule has 0 saturated carbocycles. The second kappa shape index (κ2) is 6.07. The molecule has 4 rings (SSSR count). The number of halogens is 1. The number of piperidine rings is 1. The predicted octanol–water partition coefficient (Wildman–Crippen LogP) is 2.68. The average molecular weight is 403 g/mol. The fourth-order valence-electron chi connectivity index (χ4n) is 4.62. The number of benzene rings is 1. The first-order chi connectivity index (χ1) is 12.1. The minimum absolute atomic E-state index is 0.247. The standard InChI is InChI=1S/C18H19BrN4O2/c19-15-11-21-14(10-22-15)18(23-16(24)25)13-4-2-1-3-12(13)9-17(18)5-7-20-8-6-17/h1-4,10-11,20,23H,5-9H2,(H,24,25)/t18-/m1/s1. The van der Waals surface area contributed by atoms with Crippen LogP contribution in [-0.4, -0.2) is 34.3 Å². The number of carbonyl (C=O) groups is 1. The zero-order valence-corrected chi connectivity index (χ0v) is 15.2. The summed E-state index contributed by atoms with van der Waals surface area (Å²) in [5, 5.41) is 16.0. The van der Waals surface area contributed by atoms with Gasteiger partial charge in [-0.15, -0.1) is 0 Å². The first-order valence-electron chi connectivity index (χ1n) is 8.36. The molecule has 1 fully saturated rings. The molecule has 0 radical (unpaired) electrons. The van der Waals surface area contributed by atoms with E-state index >= 15 is 0 Å². The number of aromatic nitrogens is 2. The van der Waals surface area contributed by atoms with Crippen molar-refractivity contribution in [2.45, 2.75) is 24.8 Å². The van der Waals surface area contributed by atoms with Crippen LogP contribution in [-0.2, 0) is 12.0 Å². The van der Waals surface area contributed by atoms with Crippen molar-refractivity contribution in [3.8, 4) is 0 Å². The zero-order chi connectivity index (χ0) is 17.5. The molecule has 1 spiro atoms. The van der Waals surface area contributed by atoms with Gasteiger partial charge in [0.15, 0.2) is 0 Å². The lowest BCUT2D eigenvalue weighted by Gasteiger charge is -2.48. The van der Waals surface area contributed by atoms with Gasteiger partial charge in [0.2, 0.25) is 0 Å². The summed E-state index contributed by atoms with van der Waals surface area (Å²) >= 11 is 3.32. The highest BCUT2D eigenvalue weighted by Gasteiger charge is 2.60. The molecule has 1 aromatic heterocycles. The minimum atomic E-state index is -1.04. The van der Waals surface area contributed by atoms with E-state index in [0.29, 0.717) is 10.3 Å². The van der Waals surface area contributed by atoms with Crippen molar-refractivity contribution in [2.24, 2.45) is 5.41 Å². The molecule has 7 heteroatoms. The first kappa shape index (κ1) is 16.5. The summed E-state index contributed by atoms with van der Waals surface area (Å²) in [6.07, 6.45) is 4.86. The van der Waals surface area contributed by atoms with E-state index in [4.69, 9.17) is 0 Å². The maximum Gasteiger partial charge on any atom is 0.405 e. The molecule has 0 bridgehead atoms. The Kier molecular flexibility index (Phi) is 4.00. The Bertz CT molecular complexity index is 805. The van der Waals surface area contributed by atoms with Crippen LogP contribution in [0.1, 0.15) is 29.7 Å². The molecule has 1 atom stereocenters. The molecular formula is C18H19BrN4O2. The second-order valence-electron chi connectivity index (χ2n) is 6.77. The maximum atomic E-state index is 11.9. The van der Waals surface area contributed by atoms with E-state index < -0.39 is 11.6 Å². The van der Waals surface area contributed by atoms with Crippen molar-refractivity contribution in [2.75, 3.05) is 13.1 Å². The van der Waals surface area contributed by atoms with Gasteiger partial charge in [-0.3, -0.25) is 4.98 Å². The van der Waals surface area contributed by atoms with Gasteiger partial charge in [-0.2, -0.15) is 0 Å². The van der Waals surface area contributed by atoms with Gasteiger partial charge in [-0.1, -0.05) is 24.3 Å². The van der Waals surface area contributed by atoms with Gasteiger partial charge < -0.3 is 15.7 Å². The summed E-state index contributed by atoms with van der Waals surface area (Å²) in [7, 11) is 0. The molecule has 1 saturated heterocycles. The van der Waals surface area contributed by atoms with E-state index in [1.807, 2.05) is 18.2 Å². The van der Waals surface area contributed by atoms with Crippen LogP contribution in [0, 0.1) is 5.41 Å². The molecule has 6 nitrogen and oxygen atoms in total. The van der Waals surface area contributed by atoms with Crippen molar-refractivity contribution in [3.63, 3.8) is 0 Å². The number of nitrogens with one attached hydrogen (secondary N) is 2. The Morgan fingerprint density at radius 2 is 1.96 bits per heavy atom. The normalized spacial score (nSPS) is 24.0. The summed E-state index contributed by atoms with van der Waals surface area (Å²) < 4.78 is 0.632. The fraction of sp³-hybridized carbons (Fsp3) is 0.389. The van der Waals surface area contributed by atoms with Crippen LogP contribution in [0.2, 0.25) is 0 Å². The Morgan fingerprint density at radius 3 is 2.64 bits per heavy atom. The largest absolute Gasteiger partial charge is 0.465 e. The summed E-state index contributed by atoms with van der Waals surface area (Å²) in [6, 6.07) is 8.09. The third-order valence-corrected chi connectivity index (χ3v) is 6.01. The SMILES string of the molecule is O=C(O)N[C@@]1(c2cnc(Br)cn2)c2ccccc2CC12CCNCC2. The van der Waals surface area contributed by atoms with E-state index in [9.17, 15) is 9.90 Å². The number of hydrogen-bond donors (Lipinski definition) is 3. The van der Waals surface area contributed by atoms with Crippen LogP contribution in [0.4, 0.5) is 4.79 Å². The Morgan fingerprint density at radius 1 is 1.20 bits per heavy atom. The van der Waals surface area contributed by atoms with E-state index in [1.54, 1.807) is 12.4 Å². The average Bonchev–Trinajstić information content (AvgIpc) is 2.86. The molecule has 1 aliphatic heterocycles. The topological polar surface area (TPSA) is 87.1 Å². The molecule has 130 valence electrons. The van der Waals surface area contributed by atoms with Crippen LogP contribution in [0.5, 0.6) is 0 Å². The van der Waals surface area contributed by atoms with Crippen molar-refractivity contribution >= 4 is 22.0 Å². The Balaban J connectivity index is 1.99. The number of nitrogens with zero attached hydrogens (tertiary/aromatic N) is 2. The molecule has 2 heterocycles. The van der Waals surface area contributed by atoms with Crippen molar-refractivity contribution in [1.82, 2.24) is 20.6 Å². The van der Waals surface area contributed by atoms with Gasteiger partial charge in [0.1, 0.15) is 10.1 Å². The van der Waals surface area contributed by atoms with Crippen molar-refractivity contribution < 1.29 is 9.90 Å². The Labute approximate surface area is 154 Å². The van der Waals surface area contributed by atoms with Gasteiger partial charge in [0.05, 0.1) is 18.1 Å². The molecule has 1 aromatic carbocycles. The first-order valence-corrected chi connectivity index (χ1v) is 9.15. The smallest absolute Gasteiger partial charge is 0.405 e. The second-order valence-corrected chi connectivity index (χ2v) is 7.58. The van der Waals surface area contributed by atoms with Gasteiger partial charge in [-0.05, 0) is 59.4 Å². The third kappa shape index (κ3) is 2.45. The molecule has 2 aromatic rings. The zero-order valence-electron chi connectivity index (χ0n) is 13.6. The van der Waals surface area contributed by atoms with Gasteiger partial charge in [-0.25, -0.2) is 9.78 Å². The van der Waals surface area contributed by atoms with Crippen LogP contribution >= 0.6 is 15.9 Å². The quantitative estimate of drug-likeness (QED) is 0.718. The van der Waals surface area contributed by atoms with Gasteiger partial charge in [0.25, 0.3) is 0 Å². The van der Waals surface area contributed by atoms with Crippen LogP contribution < -0.4 is 10.6 Å². The molecular weight excluding hydrogens is 384 g/mol. The lowest BCUT2D eigenvalue weighted by Crippen LogP contribution is -2.59. The van der Waals surface area contributed by atoms with E-state index in [1.165, 1.54) is 5.56 Å². The monoisotopic (exact) mass is 402 g/mol.